The molecule has 10 nitrogen and oxygen atoms in total. The number of aryl methyl sites for hydroxylation is 1. The van der Waals surface area contributed by atoms with Crippen molar-refractivity contribution in [2.45, 2.75) is 51.4 Å². The van der Waals surface area contributed by atoms with Gasteiger partial charge in [0.1, 0.15) is 0 Å². The first kappa shape index (κ1) is 24.4. The van der Waals surface area contributed by atoms with Crippen molar-refractivity contribution in [3.8, 4) is 0 Å². The summed E-state index contributed by atoms with van der Waals surface area (Å²) in [6, 6.07) is 0.846. The number of rotatable bonds is 16. The van der Waals surface area contributed by atoms with E-state index < -0.39 is 16.1 Å². The van der Waals surface area contributed by atoms with E-state index in [-0.39, 0.29) is 6.61 Å². The van der Waals surface area contributed by atoms with E-state index in [4.69, 9.17) is 19.3 Å². The highest BCUT2D eigenvalue weighted by Crippen LogP contribution is 2.35. The second kappa shape index (κ2) is 12.7. The quantitative estimate of drug-likeness (QED) is 0.203. The Morgan fingerprint density at radius 3 is 2.44 bits per heavy atom. The van der Waals surface area contributed by atoms with Crippen LogP contribution in [0.3, 0.4) is 0 Å². The molecule has 0 amide bonds. The Hall–Kier alpha value is -0.653. The first-order valence-electron chi connectivity index (χ1n) is 9.13. The summed E-state index contributed by atoms with van der Waals surface area (Å²) in [4.78, 5) is 26.9. The summed E-state index contributed by atoms with van der Waals surface area (Å²) in [6.07, 6.45) is 4.64. The SMILES string of the molecule is C[Si](C)(O)CCCOCCOCCn1cc(CCCCOP(=O)(O)O)nn1. The van der Waals surface area contributed by atoms with Gasteiger partial charge in [-0.1, -0.05) is 5.21 Å². The van der Waals surface area contributed by atoms with E-state index in [2.05, 4.69) is 14.8 Å². The van der Waals surface area contributed by atoms with E-state index in [1.807, 2.05) is 19.3 Å². The Labute approximate surface area is 161 Å². The molecule has 1 aromatic rings. The largest absolute Gasteiger partial charge is 0.469 e. The van der Waals surface area contributed by atoms with Crippen molar-refractivity contribution in [2.24, 2.45) is 0 Å². The molecule has 1 rings (SSSR count). The zero-order chi connectivity index (χ0) is 20.2. The number of aromatic nitrogens is 3. The molecule has 0 aliphatic carbocycles. The molecule has 0 unspecified atom stereocenters. The summed E-state index contributed by atoms with van der Waals surface area (Å²) in [5, 5.41) is 8.07. The van der Waals surface area contributed by atoms with Gasteiger partial charge in [0.05, 0.1) is 38.7 Å². The molecule has 0 aromatic carbocycles. The van der Waals surface area contributed by atoms with Crippen molar-refractivity contribution in [1.29, 1.82) is 0 Å². The molecule has 0 fully saturated rings. The molecule has 158 valence electrons. The van der Waals surface area contributed by atoms with Gasteiger partial charge in [0.15, 0.2) is 8.32 Å². The van der Waals surface area contributed by atoms with Crippen LogP contribution in [-0.2, 0) is 31.5 Å². The standard InChI is InChI=1S/C15H32N3O7PSi/c1-27(2,22)13-5-8-23-11-12-24-10-7-18-14-15(16-17-18)6-3-4-9-25-26(19,20)21/h14,22H,3-13H2,1-2H3,(H2,19,20,21). The van der Waals surface area contributed by atoms with Crippen LogP contribution in [0.4, 0.5) is 0 Å². The molecule has 0 radical (unpaired) electrons. The minimum Gasteiger partial charge on any atom is -0.432 e. The highest BCUT2D eigenvalue weighted by Gasteiger charge is 2.15. The van der Waals surface area contributed by atoms with E-state index in [0.717, 1.165) is 18.2 Å². The normalized spacial score (nSPS) is 12.6. The molecule has 27 heavy (non-hydrogen) atoms. The summed E-state index contributed by atoms with van der Waals surface area (Å²) in [5.41, 5.74) is 0.824. The first-order chi connectivity index (χ1) is 12.7. The lowest BCUT2D eigenvalue weighted by molar-refractivity contribution is 0.0439. The van der Waals surface area contributed by atoms with Crippen LogP contribution in [-0.4, -0.2) is 70.9 Å². The maximum Gasteiger partial charge on any atom is 0.469 e. The van der Waals surface area contributed by atoms with Crippen molar-refractivity contribution in [3.05, 3.63) is 11.9 Å². The number of phosphoric ester groups is 1. The predicted octanol–water partition coefficient (Wildman–Crippen LogP) is 1.33. The van der Waals surface area contributed by atoms with Crippen molar-refractivity contribution >= 4 is 16.1 Å². The Morgan fingerprint density at radius 2 is 1.78 bits per heavy atom. The van der Waals surface area contributed by atoms with Gasteiger partial charge >= 0.3 is 7.82 Å². The van der Waals surface area contributed by atoms with Gasteiger partial charge in [-0.05, 0) is 44.8 Å². The van der Waals surface area contributed by atoms with Gasteiger partial charge < -0.3 is 24.1 Å². The second-order valence-corrected chi connectivity index (χ2v) is 12.3. The number of hydrogen-bond donors (Lipinski definition) is 3. The van der Waals surface area contributed by atoms with Crippen molar-refractivity contribution < 1.29 is 33.1 Å². The van der Waals surface area contributed by atoms with Crippen LogP contribution in [0.1, 0.15) is 25.0 Å². The average molecular weight is 425 g/mol. The Morgan fingerprint density at radius 1 is 1.07 bits per heavy atom. The molecule has 0 spiro atoms. The minimum atomic E-state index is -4.37. The van der Waals surface area contributed by atoms with Crippen molar-refractivity contribution in [2.75, 3.05) is 33.0 Å². The highest BCUT2D eigenvalue weighted by molar-refractivity contribution is 7.46. The fraction of sp³-hybridized carbons (Fsp3) is 0.867. The average Bonchev–Trinajstić information content (AvgIpc) is 2.98. The summed E-state index contributed by atoms with van der Waals surface area (Å²) >= 11 is 0. The summed E-state index contributed by atoms with van der Waals surface area (Å²) < 4.78 is 27.6. The number of nitrogens with zero attached hydrogens (tertiary/aromatic N) is 3. The molecule has 0 aliphatic rings. The van der Waals surface area contributed by atoms with E-state index in [9.17, 15) is 9.36 Å². The zero-order valence-electron chi connectivity index (χ0n) is 16.1. The van der Waals surface area contributed by atoms with Crippen LogP contribution in [0, 0.1) is 0 Å². The third kappa shape index (κ3) is 15.0. The lowest BCUT2D eigenvalue weighted by Gasteiger charge is -2.13. The number of unbranched alkanes of at least 4 members (excludes halogenated alkanes) is 1. The second-order valence-electron chi connectivity index (χ2n) is 6.89. The van der Waals surface area contributed by atoms with Gasteiger partial charge in [-0.15, -0.1) is 5.10 Å². The maximum atomic E-state index is 10.5. The van der Waals surface area contributed by atoms with Crippen molar-refractivity contribution in [1.82, 2.24) is 15.0 Å². The Balaban J connectivity index is 1.98. The number of phosphoric acid groups is 1. The van der Waals surface area contributed by atoms with Crippen LogP contribution >= 0.6 is 7.82 Å². The molecule has 3 N–H and O–H groups in total. The fourth-order valence-corrected chi connectivity index (χ4v) is 3.62. The fourth-order valence-electron chi connectivity index (χ4n) is 2.24. The molecule has 0 aliphatic heterocycles. The van der Waals surface area contributed by atoms with Crippen LogP contribution in [0.15, 0.2) is 6.20 Å². The van der Waals surface area contributed by atoms with E-state index in [0.29, 0.717) is 52.2 Å². The van der Waals surface area contributed by atoms with Crippen LogP contribution < -0.4 is 0 Å². The molecule has 1 aromatic heterocycles. The molecule has 0 saturated carbocycles. The lowest BCUT2D eigenvalue weighted by atomic mass is 10.2. The van der Waals surface area contributed by atoms with Gasteiger partial charge in [-0.25, -0.2) is 9.25 Å². The van der Waals surface area contributed by atoms with E-state index >= 15 is 0 Å². The number of hydrogen-bond acceptors (Lipinski definition) is 7. The van der Waals surface area contributed by atoms with Crippen molar-refractivity contribution in [3.63, 3.8) is 0 Å². The molecule has 12 heteroatoms. The first-order valence-corrected chi connectivity index (χ1v) is 13.8. The van der Waals surface area contributed by atoms with Crippen LogP contribution in [0.25, 0.3) is 0 Å². The third-order valence-electron chi connectivity index (χ3n) is 3.59. The topological polar surface area (TPSA) is 136 Å². The van der Waals surface area contributed by atoms with Crippen LogP contribution in [0.2, 0.25) is 19.1 Å². The molecular weight excluding hydrogens is 393 g/mol. The minimum absolute atomic E-state index is 0.0218. The molecule has 0 saturated heterocycles. The van der Waals surface area contributed by atoms with Gasteiger partial charge in [0.25, 0.3) is 0 Å². The van der Waals surface area contributed by atoms with Crippen LogP contribution in [0.5, 0.6) is 0 Å². The molecule has 1 heterocycles. The molecular formula is C15H32N3O7PSi. The zero-order valence-corrected chi connectivity index (χ0v) is 18.0. The summed E-state index contributed by atoms with van der Waals surface area (Å²) in [6.45, 7) is 6.67. The van der Waals surface area contributed by atoms with E-state index in [1.165, 1.54) is 0 Å². The molecule has 0 bridgehead atoms. The predicted molar refractivity (Wildman–Crippen MR) is 102 cm³/mol. The Bertz CT molecular complexity index is 562. The van der Waals surface area contributed by atoms with Gasteiger partial charge in [0, 0.05) is 12.8 Å². The Kier molecular flexibility index (Phi) is 11.5. The molecule has 0 atom stereocenters. The summed E-state index contributed by atoms with van der Waals surface area (Å²) in [7, 11) is -6.33. The van der Waals surface area contributed by atoms with Gasteiger partial charge in [-0.2, -0.15) is 0 Å². The van der Waals surface area contributed by atoms with Gasteiger partial charge in [-0.3, -0.25) is 4.52 Å². The van der Waals surface area contributed by atoms with E-state index in [1.54, 1.807) is 4.68 Å². The summed E-state index contributed by atoms with van der Waals surface area (Å²) in [5.74, 6) is 0. The smallest absolute Gasteiger partial charge is 0.432 e. The highest BCUT2D eigenvalue weighted by atomic mass is 31.2. The van der Waals surface area contributed by atoms with Gasteiger partial charge in [0.2, 0.25) is 0 Å². The lowest BCUT2D eigenvalue weighted by Crippen LogP contribution is -2.24. The third-order valence-corrected chi connectivity index (χ3v) is 5.68. The maximum absolute atomic E-state index is 10.5. The number of ether oxygens (including phenoxy) is 2. The monoisotopic (exact) mass is 425 g/mol.